The van der Waals surface area contributed by atoms with Crippen molar-refractivity contribution >= 4 is 0 Å². The van der Waals surface area contributed by atoms with Crippen molar-refractivity contribution in [3.63, 3.8) is 0 Å². The molecule has 0 N–H and O–H groups in total. The van der Waals surface area contributed by atoms with Gasteiger partial charge in [-0.25, -0.2) is 0 Å². The summed E-state index contributed by atoms with van der Waals surface area (Å²) in [5, 5.41) is 0. The normalized spacial score (nSPS) is 60.6. The molecule has 7 aliphatic rings. The largest absolute Gasteiger partial charge is 0.0625 e. The second-order valence-electron chi connectivity index (χ2n) is 18.5. The molecule has 0 bridgehead atoms. The summed E-state index contributed by atoms with van der Waals surface area (Å²) in [7, 11) is 0. The monoisotopic (exact) mass is 506 g/mol. The summed E-state index contributed by atoms with van der Waals surface area (Å²) in [6.45, 7) is 19.2. The Balaban J connectivity index is 1.18. The van der Waals surface area contributed by atoms with Crippen LogP contribution in [-0.4, -0.2) is 0 Å². The van der Waals surface area contributed by atoms with Crippen molar-refractivity contribution in [3.05, 3.63) is 0 Å². The van der Waals surface area contributed by atoms with Crippen LogP contribution in [0.1, 0.15) is 151 Å². The van der Waals surface area contributed by atoms with Crippen LogP contribution in [0, 0.1) is 80.3 Å². The van der Waals surface area contributed by atoms with Gasteiger partial charge in [-0.2, -0.15) is 0 Å². The van der Waals surface area contributed by atoms with Gasteiger partial charge in [-0.05, 0) is 170 Å². The third-order valence-corrected chi connectivity index (χ3v) is 16.9. The first-order valence-electron chi connectivity index (χ1n) is 17.4. The van der Waals surface area contributed by atoms with Crippen LogP contribution < -0.4 is 0 Å². The Kier molecular flexibility index (Phi) is 5.80. The summed E-state index contributed by atoms with van der Waals surface area (Å²) in [4.78, 5) is 0. The SMILES string of the molecule is C[C@H]1CCC2[C@@H](CCC3[C@]4(C)CCC5[C@](C)(CCC6[C@H]7CCCC(C)(C)C7CC[C@]65C)C4CC[C@]23C)C1. The molecule has 7 aliphatic carbocycles. The van der Waals surface area contributed by atoms with Gasteiger partial charge >= 0.3 is 0 Å². The van der Waals surface area contributed by atoms with Crippen LogP contribution in [0.25, 0.3) is 0 Å². The van der Waals surface area contributed by atoms with Crippen LogP contribution in [0.4, 0.5) is 0 Å². The van der Waals surface area contributed by atoms with Gasteiger partial charge in [0.05, 0.1) is 0 Å². The topological polar surface area (TPSA) is 0 Å². The summed E-state index contributed by atoms with van der Waals surface area (Å²) >= 11 is 0. The molecule has 7 saturated carbocycles. The third kappa shape index (κ3) is 3.38. The predicted octanol–water partition coefficient (Wildman–Crippen LogP) is 10.9. The molecular weight excluding hydrogens is 444 g/mol. The van der Waals surface area contributed by atoms with Gasteiger partial charge < -0.3 is 0 Å². The molecule has 0 aliphatic heterocycles. The summed E-state index contributed by atoms with van der Waals surface area (Å²) in [5.41, 5.74) is 3.08. The average Bonchev–Trinajstić information content (AvgIpc) is 2.82. The maximum Gasteiger partial charge on any atom is -0.0259 e. The predicted molar refractivity (Wildman–Crippen MR) is 157 cm³/mol. The Bertz CT molecular complexity index is 900. The zero-order valence-electron chi connectivity index (χ0n) is 26.0. The molecule has 7 rings (SSSR count). The molecule has 0 aromatic heterocycles. The van der Waals surface area contributed by atoms with Crippen molar-refractivity contribution in [2.45, 2.75) is 151 Å². The molecule has 37 heavy (non-hydrogen) atoms. The van der Waals surface area contributed by atoms with E-state index < -0.39 is 0 Å². The Morgan fingerprint density at radius 3 is 1.78 bits per heavy atom. The minimum Gasteiger partial charge on any atom is -0.0625 e. The van der Waals surface area contributed by atoms with Crippen LogP contribution in [0.2, 0.25) is 0 Å². The van der Waals surface area contributed by atoms with Crippen molar-refractivity contribution in [1.82, 2.24) is 0 Å². The number of fused-ring (bicyclic) bond motifs is 11. The van der Waals surface area contributed by atoms with Crippen molar-refractivity contribution < 1.29 is 0 Å². The maximum atomic E-state index is 2.87. The van der Waals surface area contributed by atoms with E-state index in [1.165, 1.54) is 19.3 Å². The number of hydrogen-bond acceptors (Lipinski definition) is 0. The Hall–Kier alpha value is 0. The first-order chi connectivity index (χ1) is 17.4. The highest BCUT2D eigenvalue weighted by Crippen LogP contribution is 2.77. The second-order valence-corrected chi connectivity index (χ2v) is 18.5. The van der Waals surface area contributed by atoms with E-state index in [1.54, 1.807) is 83.5 Å². The van der Waals surface area contributed by atoms with Gasteiger partial charge in [-0.15, -0.1) is 0 Å². The van der Waals surface area contributed by atoms with E-state index in [9.17, 15) is 0 Å². The lowest BCUT2D eigenvalue weighted by atomic mass is 9.31. The van der Waals surface area contributed by atoms with E-state index in [0.717, 1.165) is 53.3 Å². The lowest BCUT2D eigenvalue weighted by molar-refractivity contribution is -0.244. The van der Waals surface area contributed by atoms with Gasteiger partial charge in [0, 0.05) is 0 Å². The minimum atomic E-state index is 0.597. The van der Waals surface area contributed by atoms with Crippen LogP contribution in [0.15, 0.2) is 0 Å². The van der Waals surface area contributed by atoms with Gasteiger partial charge in [0.15, 0.2) is 0 Å². The number of rotatable bonds is 0. The van der Waals surface area contributed by atoms with E-state index in [4.69, 9.17) is 0 Å². The average molecular weight is 507 g/mol. The van der Waals surface area contributed by atoms with Crippen molar-refractivity contribution in [1.29, 1.82) is 0 Å². The molecule has 0 aromatic carbocycles. The van der Waals surface area contributed by atoms with Crippen molar-refractivity contribution in [2.24, 2.45) is 80.3 Å². The van der Waals surface area contributed by atoms with E-state index in [1.807, 2.05) is 0 Å². The van der Waals surface area contributed by atoms with Gasteiger partial charge in [0.1, 0.15) is 0 Å². The molecule has 0 heterocycles. The van der Waals surface area contributed by atoms with Crippen molar-refractivity contribution in [2.75, 3.05) is 0 Å². The lowest BCUT2D eigenvalue weighted by Crippen LogP contribution is -2.66. The molecule has 6 unspecified atom stereocenters. The van der Waals surface area contributed by atoms with Crippen LogP contribution in [0.3, 0.4) is 0 Å². The molecule has 0 amide bonds. The Morgan fingerprint density at radius 2 is 1.03 bits per heavy atom. The minimum absolute atomic E-state index is 0.597. The molecular formula is C37H62. The second kappa shape index (κ2) is 8.28. The third-order valence-electron chi connectivity index (χ3n) is 16.9. The molecule has 7 fully saturated rings. The highest BCUT2D eigenvalue weighted by Gasteiger charge is 2.69. The maximum absolute atomic E-state index is 2.87. The van der Waals surface area contributed by atoms with E-state index in [-0.39, 0.29) is 0 Å². The highest BCUT2D eigenvalue weighted by atomic mass is 14.7. The zero-order valence-corrected chi connectivity index (χ0v) is 26.0. The summed E-state index contributed by atoms with van der Waals surface area (Å²) < 4.78 is 0. The molecule has 13 atom stereocenters. The van der Waals surface area contributed by atoms with Crippen LogP contribution in [0.5, 0.6) is 0 Å². The first-order valence-corrected chi connectivity index (χ1v) is 17.4. The Morgan fingerprint density at radius 1 is 0.459 bits per heavy atom. The zero-order chi connectivity index (χ0) is 26.0. The molecule has 0 heteroatoms. The molecule has 0 radical (unpaired) electrons. The number of hydrogen-bond donors (Lipinski definition) is 0. The van der Waals surface area contributed by atoms with Crippen LogP contribution in [-0.2, 0) is 0 Å². The fourth-order valence-electron chi connectivity index (χ4n) is 15.4. The molecule has 0 aromatic rings. The summed E-state index contributed by atoms with van der Waals surface area (Å²) in [6.07, 6.45) is 24.8. The van der Waals surface area contributed by atoms with Gasteiger partial charge in [-0.1, -0.05) is 61.3 Å². The van der Waals surface area contributed by atoms with E-state index >= 15 is 0 Å². The fourth-order valence-corrected chi connectivity index (χ4v) is 15.4. The lowest BCUT2D eigenvalue weighted by Gasteiger charge is -2.73. The fraction of sp³-hybridized carbons (Fsp3) is 1.00. The summed E-state index contributed by atoms with van der Waals surface area (Å²) in [6, 6.07) is 0. The van der Waals surface area contributed by atoms with Crippen molar-refractivity contribution in [3.8, 4) is 0 Å². The standard InChI is InChI=1S/C37H62/c1-24-10-12-27-25(23-24)11-13-30-34(27,4)21-16-32-36(6)20-15-29-26-9-8-18-33(2,3)28(26)14-19-35(29,5)31(36)17-22-37(30,32)7/h24-32H,8-23H2,1-7H3/t24-,25-,26-,27?,28?,29?,30?,31?,32?,34+,35+,36-,37-/m0/s1. The highest BCUT2D eigenvalue weighted by molar-refractivity contribution is 5.18. The van der Waals surface area contributed by atoms with E-state index in [2.05, 4.69) is 48.5 Å². The van der Waals surface area contributed by atoms with Crippen LogP contribution >= 0.6 is 0 Å². The van der Waals surface area contributed by atoms with Gasteiger partial charge in [-0.3, -0.25) is 0 Å². The van der Waals surface area contributed by atoms with Gasteiger partial charge in [0.25, 0.3) is 0 Å². The molecule has 0 spiro atoms. The van der Waals surface area contributed by atoms with Gasteiger partial charge in [0.2, 0.25) is 0 Å². The molecule has 0 saturated heterocycles. The Labute approximate surface area is 231 Å². The molecule has 0 nitrogen and oxygen atoms in total. The smallest absolute Gasteiger partial charge is 0.0259 e. The quantitative estimate of drug-likeness (QED) is 0.306. The summed E-state index contributed by atoms with van der Waals surface area (Å²) in [5.74, 6) is 9.18. The first kappa shape index (κ1) is 25.9. The van der Waals surface area contributed by atoms with E-state index in [0.29, 0.717) is 27.1 Å². The molecule has 210 valence electrons.